The zero-order valence-electron chi connectivity index (χ0n) is 5.67. The van der Waals surface area contributed by atoms with E-state index >= 15 is 0 Å². The van der Waals surface area contributed by atoms with Gasteiger partial charge in [-0.1, -0.05) is 6.92 Å². The molecule has 0 amide bonds. The van der Waals surface area contributed by atoms with Gasteiger partial charge in [0, 0.05) is 18.4 Å². The second-order valence-corrected chi connectivity index (χ2v) is 2.29. The Kier molecular flexibility index (Phi) is 7.20. The lowest BCUT2D eigenvalue weighted by Crippen LogP contribution is -2.32. The zero-order valence-corrected chi connectivity index (χ0v) is 7.46. The van der Waals surface area contributed by atoms with Gasteiger partial charge in [-0.15, -0.1) is 0 Å². The quantitative estimate of drug-likeness (QED) is 0.410. The second kappa shape index (κ2) is 6.74. The highest BCUT2D eigenvalue weighted by molar-refractivity contribution is 7.80. The molecule has 2 nitrogen and oxygen atoms in total. The van der Waals surface area contributed by atoms with E-state index in [9.17, 15) is 0 Å². The molecule has 0 aromatic carbocycles. The predicted octanol–water partition coefficient (Wildman–Crippen LogP) is 0.630. The predicted molar refractivity (Wildman–Crippen MR) is 48.1 cm³/mol. The first-order valence-corrected chi connectivity index (χ1v) is 4.26. The summed E-state index contributed by atoms with van der Waals surface area (Å²) in [5.74, 6) is 1.53. The Morgan fingerprint density at radius 1 is 1.44 bits per heavy atom. The standard InChI is InChI=1S/C5H14N2S2/c1-2-7(5-9)3-6-4-8/h6,8-9H,2-5H2,1H3. The minimum Gasteiger partial charge on any atom is -0.295 e. The molecule has 0 atom stereocenters. The van der Waals surface area contributed by atoms with Gasteiger partial charge in [0.1, 0.15) is 0 Å². The molecule has 0 aliphatic carbocycles. The Labute approximate surface area is 67.8 Å². The molecule has 9 heavy (non-hydrogen) atoms. The lowest BCUT2D eigenvalue weighted by atomic mass is 10.6. The van der Waals surface area contributed by atoms with Crippen LogP contribution in [0.1, 0.15) is 6.92 Å². The molecule has 0 aromatic heterocycles. The minimum absolute atomic E-state index is 0.726. The summed E-state index contributed by atoms with van der Waals surface area (Å²) in [6.07, 6.45) is 0. The first kappa shape index (κ1) is 9.62. The first-order valence-electron chi connectivity index (χ1n) is 3.00. The molecule has 0 aromatic rings. The molecule has 0 saturated carbocycles. The van der Waals surface area contributed by atoms with Gasteiger partial charge in [-0.3, -0.25) is 10.2 Å². The van der Waals surface area contributed by atoms with Gasteiger partial charge in [-0.25, -0.2) is 0 Å². The maximum atomic E-state index is 4.13. The van der Waals surface area contributed by atoms with E-state index in [0.717, 1.165) is 25.0 Å². The van der Waals surface area contributed by atoms with Crippen molar-refractivity contribution in [2.75, 3.05) is 25.0 Å². The summed E-state index contributed by atoms with van der Waals surface area (Å²) in [6.45, 7) is 4.02. The highest BCUT2D eigenvalue weighted by Gasteiger charge is 1.94. The Bertz CT molecular complexity index is 56.9. The molecule has 56 valence electrons. The van der Waals surface area contributed by atoms with Crippen LogP contribution in [0.25, 0.3) is 0 Å². The minimum atomic E-state index is 0.726. The van der Waals surface area contributed by atoms with Gasteiger partial charge in [-0.05, 0) is 6.54 Å². The van der Waals surface area contributed by atoms with Gasteiger partial charge in [0.25, 0.3) is 0 Å². The molecule has 0 bridgehead atoms. The number of nitrogens with zero attached hydrogens (tertiary/aromatic N) is 1. The van der Waals surface area contributed by atoms with Crippen molar-refractivity contribution >= 4 is 25.3 Å². The molecule has 0 spiro atoms. The average Bonchev–Trinajstić information content (AvgIpc) is 1.91. The maximum Gasteiger partial charge on any atom is 0.0494 e. The molecule has 4 heteroatoms. The molecule has 0 saturated heterocycles. The van der Waals surface area contributed by atoms with Crippen molar-refractivity contribution in [3.05, 3.63) is 0 Å². The third-order valence-corrected chi connectivity index (χ3v) is 1.72. The summed E-state index contributed by atoms with van der Waals surface area (Å²) in [5, 5.41) is 3.09. The molecule has 1 N–H and O–H groups in total. The Morgan fingerprint density at radius 2 is 2.11 bits per heavy atom. The van der Waals surface area contributed by atoms with Crippen molar-refractivity contribution in [2.45, 2.75) is 6.92 Å². The van der Waals surface area contributed by atoms with E-state index in [4.69, 9.17) is 0 Å². The van der Waals surface area contributed by atoms with Crippen molar-refractivity contribution in [3.63, 3.8) is 0 Å². The van der Waals surface area contributed by atoms with Crippen molar-refractivity contribution in [1.29, 1.82) is 0 Å². The first-order chi connectivity index (χ1) is 4.35. The van der Waals surface area contributed by atoms with Crippen LogP contribution in [-0.4, -0.2) is 29.9 Å². The maximum absolute atomic E-state index is 4.13. The number of thiol groups is 2. The Hall–Kier alpha value is 0.620. The zero-order chi connectivity index (χ0) is 7.11. The van der Waals surface area contributed by atoms with Crippen molar-refractivity contribution in [2.24, 2.45) is 0 Å². The van der Waals surface area contributed by atoms with E-state index in [2.05, 4.69) is 42.4 Å². The van der Waals surface area contributed by atoms with Crippen LogP contribution in [0.5, 0.6) is 0 Å². The molecular weight excluding hydrogens is 152 g/mol. The van der Waals surface area contributed by atoms with Crippen LogP contribution in [0.4, 0.5) is 0 Å². The van der Waals surface area contributed by atoms with Crippen LogP contribution in [0.3, 0.4) is 0 Å². The van der Waals surface area contributed by atoms with Crippen LogP contribution in [0.2, 0.25) is 0 Å². The number of nitrogens with one attached hydrogen (secondary N) is 1. The molecule has 0 aliphatic heterocycles. The summed E-state index contributed by atoms with van der Waals surface area (Å²) >= 11 is 8.14. The molecule has 0 rings (SSSR count). The fourth-order valence-corrected chi connectivity index (χ4v) is 0.870. The van der Waals surface area contributed by atoms with E-state index in [0.29, 0.717) is 0 Å². The van der Waals surface area contributed by atoms with Gasteiger partial charge < -0.3 is 0 Å². The van der Waals surface area contributed by atoms with Crippen LogP contribution in [-0.2, 0) is 0 Å². The molecule has 0 fully saturated rings. The van der Waals surface area contributed by atoms with Crippen LogP contribution >= 0.6 is 25.3 Å². The fraction of sp³-hybridized carbons (Fsp3) is 1.00. The molecule has 0 aliphatic rings. The largest absolute Gasteiger partial charge is 0.295 e. The van der Waals surface area contributed by atoms with Gasteiger partial charge in [-0.2, -0.15) is 25.3 Å². The number of hydrogen-bond acceptors (Lipinski definition) is 4. The van der Waals surface area contributed by atoms with E-state index in [1.807, 2.05) is 0 Å². The van der Waals surface area contributed by atoms with Crippen LogP contribution in [0.15, 0.2) is 0 Å². The van der Waals surface area contributed by atoms with E-state index in [-0.39, 0.29) is 0 Å². The highest BCUT2D eigenvalue weighted by atomic mass is 32.1. The topological polar surface area (TPSA) is 15.3 Å². The fourth-order valence-electron chi connectivity index (χ4n) is 0.470. The smallest absolute Gasteiger partial charge is 0.0494 e. The van der Waals surface area contributed by atoms with Crippen molar-refractivity contribution < 1.29 is 0 Å². The van der Waals surface area contributed by atoms with Crippen LogP contribution < -0.4 is 5.32 Å². The SMILES string of the molecule is CCN(CS)CNCS. The normalized spacial score (nSPS) is 10.7. The van der Waals surface area contributed by atoms with E-state index in [1.165, 1.54) is 0 Å². The van der Waals surface area contributed by atoms with Gasteiger partial charge in [0.15, 0.2) is 0 Å². The monoisotopic (exact) mass is 166 g/mol. The Morgan fingerprint density at radius 3 is 2.44 bits per heavy atom. The molecule has 0 heterocycles. The van der Waals surface area contributed by atoms with Gasteiger partial charge >= 0.3 is 0 Å². The summed E-state index contributed by atoms with van der Waals surface area (Å²) in [7, 11) is 0. The summed E-state index contributed by atoms with van der Waals surface area (Å²) in [4.78, 5) is 2.17. The van der Waals surface area contributed by atoms with Crippen molar-refractivity contribution in [1.82, 2.24) is 10.2 Å². The van der Waals surface area contributed by atoms with E-state index < -0.39 is 0 Å². The highest BCUT2D eigenvalue weighted by Crippen LogP contribution is 1.86. The number of hydrogen-bond donors (Lipinski definition) is 3. The molecule has 0 radical (unpaired) electrons. The second-order valence-electron chi connectivity index (χ2n) is 1.69. The number of rotatable bonds is 5. The molecule has 0 unspecified atom stereocenters. The third-order valence-electron chi connectivity index (χ3n) is 1.09. The Balaban J connectivity index is 3.09. The van der Waals surface area contributed by atoms with Crippen LogP contribution in [0, 0.1) is 0 Å². The summed E-state index contributed by atoms with van der Waals surface area (Å²) in [6, 6.07) is 0. The van der Waals surface area contributed by atoms with Gasteiger partial charge in [0.2, 0.25) is 0 Å². The summed E-state index contributed by atoms with van der Waals surface area (Å²) < 4.78 is 0. The van der Waals surface area contributed by atoms with E-state index in [1.54, 1.807) is 0 Å². The lowest BCUT2D eigenvalue weighted by molar-refractivity contribution is 0.320. The van der Waals surface area contributed by atoms with Gasteiger partial charge in [0.05, 0.1) is 0 Å². The average molecular weight is 166 g/mol. The molecular formula is C5H14N2S2. The van der Waals surface area contributed by atoms with Crippen molar-refractivity contribution in [3.8, 4) is 0 Å². The summed E-state index contributed by atoms with van der Waals surface area (Å²) in [5.41, 5.74) is 0. The third kappa shape index (κ3) is 5.08. The lowest BCUT2D eigenvalue weighted by Gasteiger charge is -2.16.